The highest BCUT2D eigenvalue weighted by atomic mass is 14.2. The monoisotopic (exact) mass is 310 g/mol. The Kier molecular flexibility index (Phi) is 13.4. The quantitative estimate of drug-likeness (QED) is 0.304. The van der Waals surface area contributed by atoms with Crippen LogP contribution in [0.4, 0.5) is 0 Å². The number of hydrogen-bond acceptors (Lipinski definition) is 0. The van der Waals surface area contributed by atoms with Crippen LogP contribution in [-0.4, -0.2) is 0 Å². The summed E-state index contributed by atoms with van der Waals surface area (Å²) in [5.74, 6) is 4.60. The van der Waals surface area contributed by atoms with Crippen LogP contribution in [0.2, 0.25) is 0 Å². The largest absolute Gasteiger partial charge is 0.0651 e. The standard InChI is InChI=1S/C22H46/c1-8-22(9-2)15-11-14-19(5)12-10-13-20(6)16-17-21(7)18(3)4/h18-22H,8-17H2,1-7H3. The first-order chi connectivity index (χ1) is 10.4. The van der Waals surface area contributed by atoms with Crippen LogP contribution in [0.1, 0.15) is 113 Å². The molecular weight excluding hydrogens is 264 g/mol. The molecule has 22 heavy (non-hydrogen) atoms. The van der Waals surface area contributed by atoms with Crippen LogP contribution in [-0.2, 0) is 0 Å². The van der Waals surface area contributed by atoms with Gasteiger partial charge >= 0.3 is 0 Å². The van der Waals surface area contributed by atoms with Gasteiger partial charge in [-0.25, -0.2) is 0 Å². The lowest BCUT2D eigenvalue weighted by atomic mass is 9.87. The van der Waals surface area contributed by atoms with Gasteiger partial charge in [0.2, 0.25) is 0 Å². The molecule has 0 aliphatic heterocycles. The van der Waals surface area contributed by atoms with Gasteiger partial charge in [0.15, 0.2) is 0 Å². The van der Waals surface area contributed by atoms with Crippen LogP contribution in [0.25, 0.3) is 0 Å². The third kappa shape index (κ3) is 11.6. The van der Waals surface area contributed by atoms with Gasteiger partial charge in [-0.2, -0.15) is 0 Å². The van der Waals surface area contributed by atoms with Gasteiger partial charge in [-0.15, -0.1) is 0 Å². The Morgan fingerprint density at radius 3 is 1.45 bits per heavy atom. The van der Waals surface area contributed by atoms with E-state index in [1.165, 1.54) is 64.2 Å². The molecule has 0 aromatic heterocycles. The van der Waals surface area contributed by atoms with Gasteiger partial charge in [0, 0.05) is 0 Å². The maximum atomic E-state index is 2.47. The van der Waals surface area contributed by atoms with Gasteiger partial charge in [-0.05, 0) is 29.6 Å². The predicted molar refractivity (Wildman–Crippen MR) is 103 cm³/mol. The lowest BCUT2D eigenvalue weighted by Crippen LogP contribution is -2.07. The van der Waals surface area contributed by atoms with Crippen molar-refractivity contribution in [3.05, 3.63) is 0 Å². The highest BCUT2D eigenvalue weighted by Crippen LogP contribution is 2.24. The average molecular weight is 311 g/mol. The molecule has 0 nitrogen and oxygen atoms in total. The first-order valence-corrected chi connectivity index (χ1v) is 10.4. The Balaban J connectivity index is 3.60. The van der Waals surface area contributed by atoms with E-state index in [1.54, 1.807) is 0 Å². The fourth-order valence-corrected chi connectivity index (χ4v) is 3.44. The summed E-state index contributed by atoms with van der Waals surface area (Å²) < 4.78 is 0. The molecule has 0 spiro atoms. The smallest absolute Gasteiger partial charge is 0.0420 e. The molecule has 0 radical (unpaired) electrons. The van der Waals surface area contributed by atoms with Crippen molar-refractivity contribution in [1.29, 1.82) is 0 Å². The summed E-state index contributed by atoms with van der Waals surface area (Å²) in [5.41, 5.74) is 0. The van der Waals surface area contributed by atoms with E-state index < -0.39 is 0 Å². The number of rotatable bonds is 14. The zero-order valence-corrected chi connectivity index (χ0v) is 17.0. The summed E-state index contributed by atoms with van der Waals surface area (Å²) >= 11 is 0. The lowest BCUT2D eigenvalue weighted by molar-refractivity contribution is 0.330. The molecule has 3 unspecified atom stereocenters. The second-order valence-corrected chi connectivity index (χ2v) is 8.55. The molecule has 0 fully saturated rings. The van der Waals surface area contributed by atoms with Crippen LogP contribution in [0.3, 0.4) is 0 Å². The summed E-state index contributed by atoms with van der Waals surface area (Å²) in [6.07, 6.45) is 14.3. The van der Waals surface area contributed by atoms with Crippen molar-refractivity contribution in [2.24, 2.45) is 29.6 Å². The van der Waals surface area contributed by atoms with Gasteiger partial charge in [0.25, 0.3) is 0 Å². The minimum Gasteiger partial charge on any atom is -0.0651 e. The van der Waals surface area contributed by atoms with E-state index in [0.29, 0.717) is 0 Å². The second-order valence-electron chi connectivity index (χ2n) is 8.55. The summed E-state index contributed by atoms with van der Waals surface area (Å²) in [7, 11) is 0. The van der Waals surface area contributed by atoms with Crippen LogP contribution in [0.5, 0.6) is 0 Å². The molecule has 0 amide bonds. The highest BCUT2D eigenvalue weighted by Gasteiger charge is 2.11. The molecule has 3 atom stereocenters. The van der Waals surface area contributed by atoms with Crippen LogP contribution in [0, 0.1) is 29.6 Å². The van der Waals surface area contributed by atoms with Crippen molar-refractivity contribution in [2.75, 3.05) is 0 Å². The maximum absolute atomic E-state index is 2.47. The molecule has 0 N–H and O–H groups in total. The van der Waals surface area contributed by atoms with Crippen LogP contribution in [0.15, 0.2) is 0 Å². The molecule has 0 heterocycles. The van der Waals surface area contributed by atoms with Gasteiger partial charge in [-0.3, -0.25) is 0 Å². The Hall–Kier alpha value is 0. The van der Waals surface area contributed by atoms with E-state index in [-0.39, 0.29) is 0 Å². The van der Waals surface area contributed by atoms with Crippen molar-refractivity contribution in [3.63, 3.8) is 0 Å². The lowest BCUT2D eigenvalue weighted by Gasteiger charge is -2.19. The van der Waals surface area contributed by atoms with Crippen molar-refractivity contribution >= 4 is 0 Å². The van der Waals surface area contributed by atoms with Crippen molar-refractivity contribution < 1.29 is 0 Å². The Bertz CT molecular complexity index is 226. The molecule has 0 aliphatic carbocycles. The molecule has 0 saturated carbocycles. The molecule has 0 bridgehead atoms. The molecule has 0 heteroatoms. The van der Waals surface area contributed by atoms with E-state index in [2.05, 4.69) is 48.5 Å². The molecule has 134 valence electrons. The van der Waals surface area contributed by atoms with E-state index >= 15 is 0 Å². The van der Waals surface area contributed by atoms with Crippen LogP contribution < -0.4 is 0 Å². The van der Waals surface area contributed by atoms with E-state index in [9.17, 15) is 0 Å². The summed E-state index contributed by atoms with van der Waals surface area (Å²) in [6.45, 7) is 16.8. The minimum atomic E-state index is 0.849. The molecule has 0 saturated heterocycles. The van der Waals surface area contributed by atoms with Crippen molar-refractivity contribution in [3.8, 4) is 0 Å². The van der Waals surface area contributed by atoms with Crippen LogP contribution >= 0.6 is 0 Å². The van der Waals surface area contributed by atoms with Crippen molar-refractivity contribution in [1.82, 2.24) is 0 Å². The Labute approximate surface area is 142 Å². The first-order valence-electron chi connectivity index (χ1n) is 10.4. The predicted octanol–water partition coefficient (Wildman–Crippen LogP) is 8.11. The van der Waals surface area contributed by atoms with Crippen molar-refractivity contribution in [2.45, 2.75) is 113 Å². The maximum Gasteiger partial charge on any atom is -0.0420 e. The molecule has 0 aromatic rings. The minimum absolute atomic E-state index is 0.849. The fourth-order valence-electron chi connectivity index (χ4n) is 3.44. The molecule has 0 aromatic carbocycles. The van der Waals surface area contributed by atoms with E-state index in [4.69, 9.17) is 0 Å². The van der Waals surface area contributed by atoms with E-state index in [0.717, 1.165) is 29.6 Å². The zero-order chi connectivity index (χ0) is 17.0. The molecule has 0 rings (SSSR count). The highest BCUT2D eigenvalue weighted by molar-refractivity contribution is 4.63. The van der Waals surface area contributed by atoms with E-state index in [1.807, 2.05) is 0 Å². The first kappa shape index (κ1) is 22.0. The fraction of sp³-hybridized carbons (Fsp3) is 1.00. The molecule has 0 aliphatic rings. The zero-order valence-electron chi connectivity index (χ0n) is 17.0. The second kappa shape index (κ2) is 13.4. The average Bonchev–Trinajstić information content (AvgIpc) is 2.49. The van der Waals surface area contributed by atoms with Gasteiger partial charge in [0.05, 0.1) is 0 Å². The molecular formula is C22H46. The third-order valence-electron chi connectivity index (χ3n) is 6.11. The summed E-state index contributed by atoms with van der Waals surface area (Å²) in [4.78, 5) is 0. The summed E-state index contributed by atoms with van der Waals surface area (Å²) in [5, 5.41) is 0. The summed E-state index contributed by atoms with van der Waals surface area (Å²) in [6, 6.07) is 0. The Morgan fingerprint density at radius 1 is 0.545 bits per heavy atom. The van der Waals surface area contributed by atoms with Gasteiger partial charge < -0.3 is 0 Å². The Morgan fingerprint density at radius 2 is 1.00 bits per heavy atom. The SMILES string of the molecule is CCC(CC)CCCC(C)CCCC(C)CCC(C)C(C)C. The third-order valence-corrected chi connectivity index (χ3v) is 6.11. The number of hydrogen-bond donors (Lipinski definition) is 0. The topological polar surface area (TPSA) is 0 Å². The normalized spacial score (nSPS) is 16.2. The van der Waals surface area contributed by atoms with Gasteiger partial charge in [-0.1, -0.05) is 113 Å². The van der Waals surface area contributed by atoms with Gasteiger partial charge in [0.1, 0.15) is 0 Å².